The van der Waals surface area contributed by atoms with Crippen LogP contribution in [0.1, 0.15) is 11.1 Å². The molecule has 6 heteroatoms. The Morgan fingerprint density at radius 3 is 2.43 bits per heavy atom. The van der Waals surface area contributed by atoms with Crippen LogP contribution < -0.4 is 5.56 Å². The number of amides is 1. The number of fused-ring (bicyclic) bond motifs is 1. The average Bonchev–Trinajstić information content (AvgIpc) is 2.75. The molecule has 0 aliphatic rings. The van der Waals surface area contributed by atoms with Gasteiger partial charge in [-0.2, -0.15) is 0 Å². The minimum absolute atomic E-state index is 0.0518. The number of aryl methyl sites for hydroxylation is 1. The van der Waals surface area contributed by atoms with Crippen molar-refractivity contribution in [3.63, 3.8) is 0 Å². The molecule has 5 nitrogen and oxygen atoms in total. The summed E-state index contributed by atoms with van der Waals surface area (Å²) in [5, 5.41) is 1.10. The normalized spacial score (nSPS) is 10.7. The van der Waals surface area contributed by atoms with Gasteiger partial charge in [0.25, 0.3) is 5.56 Å². The molecule has 1 heterocycles. The fourth-order valence-electron chi connectivity index (χ4n) is 3.08. The van der Waals surface area contributed by atoms with Gasteiger partial charge in [-0.1, -0.05) is 65.9 Å². The van der Waals surface area contributed by atoms with Crippen LogP contribution >= 0.6 is 11.8 Å². The molecule has 2 aromatic carbocycles. The second-order valence-electron chi connectivity index (χ2n) is 6.95. The molecule has 0 saturated heterocycles. The van der Waals surface area contributed by atoms with E-state index in [9.17, 15) is 9.59 Å². The first-order chi connectivity index (χ1) is 14.5. The van der Waals surface area contributed by atoms with Crippen LogP contribution in [0.15, 0.2) is 83.8 Å². The van der Waals surface area contributed by atoms with E-state index in [2.05, 4.69) is 18.1 Å². The Morgan fingerprint density at radius 2 is 1.77 bits per heavy atom. The Kier molecular flexibility index (Phi) is 7.25. The molecule has 0 atom stereocenters. The number of nitrogens with zero attached hydrogens (tertiary/aromatic N) is 3. The molecular weight excluding hydrogens is 394 g/mol. The van der Waals surface area contributed by atoms with Crippen LogP contribution in [0.5, 0.6) is 0 Å². The molecule has 0 spiro atoms. The predicted molar refractivity (Wildman–Crippen MR) is 124 cm³/mol. The molecule has 0 unspecified atom stereocenters. The molecule has 0 radical (unpaired) electrons. The molecule has 1 amide bonds. The molecule has 30 heavy (non-hydrogen) atoms. The van der Waals surface area contributed by atoms with Gasteiger partial charge in [-0.25, -0.2) is 4.98 Å². The van der Waals surface area contributed by atoms with E-state index in [1.54, 1.807) is 27.7 Å². The van der Waals surface area contributed by atoms with Crippen LogP contribution in [-0.2, 0) is 11.3 Å². The zero-order valence-corrected chi connectivity index (χ0v) is 17.9. The Morgan fingerprint density at radius 1 is 1.10 bits per heavy atom. The maximum Gasteiger partial charge on any atom is 0.262 e. The number of carbonyl (C=O) groups excluding carboxylic acids is 1. The van der Waals surface area contributed by atoms with E-state index in [0.717, 1.165) is 11.1 Å². The molecule has 0 bridgehead atoms. The monoisotopic (exact) mass is 419 g/mol. The lowest BCUT2D eigenvalue weighted by Crippen LogP contribution is -2.33. The number of para-hydroxylation sites is 1. The highest BCUT2D eigenvalue weighted by atomic mass is 32.2. The van der Waals surface area contributed by atoms with Gasteiger partial charge in [0.1, 0.15) is 0 Å². The standard InChI is InChI=1S/C24H25N3O2S/c1-4-14-26(15-5-2)22(28)17-30-24-25-21-9-7-6-8-20(21)23(29)27(24)16-19-12-10-18(3)11-13-19/h4-13H,1-2,14-17H2,3H3. The quantitative estimate of drug-likeness (QED) is 0.298. The summed E-state index contributed by atoms with van der Waals surface area (Å²) in [7, 11) is 0. The van der Waals surface area contributed by atoms with Crippen molar-refractivity contribution < 1.29 is 4.79 Å². The van der Waals surface area contributed by atoms with Crippen LogP contribution in [0.3, 0.4) is 0 Å². The zero-order chi connectivity index (χ0) is 21.5. The third-order valence-electron chi connectivity index (χ3n) is 4.66. The summed E-state index contributed by atoms with van der Waals surface area (Å²) in [6.45, 7) is 10.7. The number of hydrogen-bond acceptors (Lipinski definition) is 4. The van der Waals surface area contributed by atoms with E-state index in [-0.39, 0.29) is 17.2 Å². The number of benzene rings is 2. The summed E-state index contributed by atoms with van der Waals surface area (Å²) in [4.78, 5) is 32.2. The van der Waals surface area contributed by atoms with E-state index in [1.807, 2.05) is 49.4 Å². The van der Waals surface area contributed by atoms with E-state index < -0.39 is 0 Å². The Balaban J connectivity index is 1.94. The molecule has 0 fully saturated rings. The highest BCUT2D eigenvalue weighted by Crippen LogP contribution is 2.20. The van der Waals surface area contributed by atoms with Crippen LogP contribution in [0.25, 0.3) is 10.9 Å². The topological polar surface area (TPSA) is 55.2 Å². The van der Waals surface area contributed by atoms with Crippen molar-refractivity contribution in [3.8, 4) is 0 Å². The van der Waals surface area contributed by atoms with Crippen molar-refractivity contribution in [1.82, 2.24) is 14.5 Å². The number of hydrogen-bond donors (Lipinski definition) is 0. The minimum Gasteiger partial charge on any atom is -0.335 e. The van der Waals surface area contributed by atoms with Crippen molar-refractivity contribution >= 4 is 28.6 Å². The predicted octanol–water partition coefficient (Wildman–Crippen LogP) is 4.05. The van der Waals surface area contributed by atoms with Gasteiger partial charge in [0.2, 0.25) is 5.91 Å². The fraction of sp³-hybridized carbons (Fsp3) is 0.208. The van der Waals surface area contributed by atoms with Crippen LogP contribution in [-0.4, -0.2) is 39.2 Å². The van der Waals surface area contributed by atoms with Crippen molar-refractivity contribution in [2.45, 2.75) is 18.6 Å². The fourth-order valence-corrected chi connectivity index (χ4v) is 3.98. The van der Waals surface area contributed by atoms with Crippen molar-refractivity contribution in [2.75, 3.05) is 18.8 Å². The molecule has 0 aliphatic carbocycles. The maximum atomic E-state index is 13.2. The number of thioether (sulfide) groups is 1. The smallest absolute Gasteiger partial charge is 0.262 e. The minimum atomic E-state index is -0.106. The Bertz CT molecular complexity index is 1110. The Hall–Kier alpha value is -3.12. The van der Waals surface area contributed by atoms with Crippen molar-refractivity contribution in [2.24, 2.45) is 0 Å². The summed E-state index contributed by atoms with van der Waals surface area (Å²) in [6.07, 6.45) is 3.38. The number of aromatic nitrogens is 2. The molecule has 3 rings (SSSR count). The van der Waals surface area contributed by atoms with E-state index in [4.69, 9.17) is 0 Å². The Labute approximate surface area is 180 Å². The van der Waals surface area contributed by atoms with Crippen molar-refractivity contribution in [3.05, 3.63) is 95.3 Å². The molecule has 0 N–H and O–H groups in total. The van der Waals surface area contributed by atoms with Gasteiger partial charge in [0.15, 0.2) is 5.16 Å². The van der Waals surface area contributed by atoms with E-state index in [0.29, 0.717) is 35.7 Å². The third-order valence-corrected chi connectivity index (χ3v) is 5.63. The van der Waals surface area contributed by atoms with Gasteiger partial charge >= 0.3 is 0 Å². The summed E-state index contributed by atoms with van der Waals surface area (Å²) >= 11 is 1.28. The van der Waals surface area contributed by atoms with Gasteiger partial charge in [-0.15, -0.1) is 13.2 Å². The number of carbonyl (C=O) groups is 1. The highest BCUT2D eigenvalue weighted by Gasteiger charge is 2.16. The second kappa shape index (κ2) is 10.1. The van der Waals surface area contributed by atoms with Crippen LogP contribution in [0, 0.1) is 6.92 Å². The summed E-state index contributed by atoms with van der Waals surface area (Å²) in [5.41, 5.74) is 2.69. The first kappa shape index (κ1) is 21.6. The van der Waals surface area contributed by atoms with Crippen molar-refractivity contribution in [1.29, 1.82) is 0 Å². The van der Waals surface area contributed by atoms with E-state index in [1.165, 1.54) is 11.8 Å². The molecule has 0 saturated carbocycles. The molecule has 3 aromatic rings. The largest absolute Gasteiger partial charge is 0.335 e. The summed E-state index contributed by atoms with van der Waals surface area (Å²) in [5.74, 6) is 0.129. The SMILES string of the molecule is C=CCN(CC=C)C(=O)CSc1nc2ccccc2c(=O)n1Cc1ccc(C)cc1. The van der Waals surface area contributed by atoms with Gasteiger partial charge in [0.05, 0.1) is 23.2 Å². The van der Waals surface area contributed by atoms with Gasteiger partial charge in [-0.3, -0.25) is 14.2 Å². The van der Waals surface area contributed by atoms with E-state index >= 15 is 0 Å². The maximum absolute atomic E-state index is 13.2. The lowest BCUT2D eigenvalue weighted by atomic mass is 10.1. The lowest BCUT2D eigenvalue weighted by molar-refractivity contribution is -0.127. The number of rotatable bonds is 9. The van der Waals surface area contributed by atoms with Gasteiger partial charge in [0, 0.05) is 13.1 Å². The average molecular weight is 420 g/mol. The zero-order valence-electron chi connectivity index (χ0n) is 17.1. The lowest BCUT2D eigenvalue weighted by Gasteiger charge is -2.19. The molecule has 1 aromatic heterocycles. The third kappa shape index (κ3) is 5.07. The first-order valence-electron chi connectivity index (χ1n) is 9.71. The molecule has 0 aliphatic heterocycles. The summed E-state index contributed by atoms with van der Waals surface area (Å²) < 4.78 is 1.65. The highest BCUT2D eigenvalue weighted by molar-refractivity contribution is 7.99. The summed E-state index contributed by atoms with van der Waals surface area (Å²) in [6, 6.07) is 15.3. The second-order valence-corrected chi connectivity index (χ2v) is 7.90. The van der Waals surface area contributed by atoms with Gasteiger partial charge in [-0.05, 0) is 24.6 Å². The van der Waals surface area contributed by atoms with Crippen LogP contribution in [0.2, 0.25) is 0 Å². The van der Waals surface area contributed by atoms with Gasteiger partial charge < -0.3 is 4.90 Å². The molecular formula is C24H25N3O2S. The first-order valence-corrected chi connectivity index (χ1v) is 10.7. The van der Waals surface area contributed by atoms with Crippen LogP contribution in [0.4, 0.5) is 0 Å². The molecule has 154 valence electrons.